The van der Waals surface area contributed by atoms with Gasteiger partial charge in [0, 0.05) is 36.3 Å². The molecule has 3 aromatic rings. The molecule has 1 aliphatic carbocycles. The third-order valence-electron chi connectivity index (χ3n) is 5.98. The molecule has 1 aromatic heterocycles. The molecule has 2 unspecified atom stereocenters. The van der Waals surface area contributed by atoms with Crippen molar-refractivity contribution in [3.63, 3.8) is 0 Å². The standard InChI is InChI=1S/C22H20ClFN2OS/c23-20-15-3-1-2-4-18(15)28-21(20)22(27)25-9-10-26-11-16-17(12-26)19(16)13-5-7-14(24)8-6-13/h1-8,16-17,19H,9-12H2,(H,25,27). The minimum atomic E-state index is -0.175. The van der Waals surface area contributed by atoms with E-state index in [0.29, 0.717) is 34.2 Å². The Kier molecular flexibility index (Phi) is 4.62. The van der Waals surface area contributed by atoms with Gasteiger partial charge in [0.25, 0.3) is 5.91 Å². The van der Waals surface area contributed by atoms with Gasteiger partial charge in [-0.05, 0) is 41.5 Å². The first-order valence-corrected chi connectivity index (χ1v) is 10.7. The van der Waals surface area contributed by atoms with Gasteiger partial charge in [-0.15, -0.1) is 11.3 Å². The van der Waals surface area contributed by atoms with Crippen molar-refractivity contribution in [3.8, 4) is 0 Å². The van der Waals surface area contributed by atoms with E-state index in [1.54, 1.807) is 12.1 Å². The number of halogens is 2. The van der Waals surface area contributed by atoms with Gasteiger partial charge in [0.2, 0.25) is 0 Å². The molecular weight excluding hydrogens is 395 g/mol. The smallest absolute Gasteiger partial charge is 0.262 e. The lowest BCUT2D eigenvalue weighted by Crippen LogP contribution is -2.35. The fourth-order valence-corrected chi connectivity index (χ4v) is 5.98. The fourth-order valence-electron chi connectivity index (χ4n) is 4.54. The molecule has 2 aromatic carbocycles. The highest BCUT2D eigenvalue weighted by Crippen LogP contribution is 2.58. The highest BCUT2D eigenvalue weighted by atomic mass is 35.5. The van der Waals surface area contributed by atoms with Crippen LogP contribution in [0.4, 0.5) is 4.39 Å². The molecule has 1 N–H and O–H groups in total. The van der Waals surface area contributed by atoms with Crippen molar-refractivity contribution in [2.45, 2.75) is 5.92 Å². The SMILES string of the molecule is O=C(NCCN1CC2C(C1)C2c1ccc(F)cc1)c1sc2ccccc2c1Cl. The second-order valence-corrected chi connectivity index (χ2v) is 9.09. The minimum Gasteiger partial charge on any atom is -0.350 e. The van der Waals surface area contributed by atoms with E-state index in [2.05, 4.69) is 10.2 Å². The van der Waals surface area contributed by atoms with E-state index < -0.39 is 0 Å². The van der Waals surface area contributed by atoms with Gasteiger partial charge >= 0.3 is 0 Å². The van der Waals surface area contributed by atoms with Gasteiger partial charge in [-0.25, -0.2) is 4.39 Å². The average Bonchev–Trinajstić information content (AvgIpc) is 3.04. The number of rotatable bonds is 5. The maximum absolute atomic E-state index is 13.1. The highest BCUT2D eigenvalue weighted by molar-refractivity contribution is 7.21. The van der Waals surface area contributed by atoms with Crippen LogP contribution >= 0.6 is 22.9 Å². The number of carbonyl (C=O) groups is 1. The van der Waals surface area contributed by atoms with Crippen molar-refractivity contribution in [2.75, 3.05) is 26.2 Å². The second kappa shape index (κ2) is 7.14. The van der Waals surface area contributed by atoms with Crippen molar-refractivity contribution in [3.05, 3.63) is 69.8 Å². The van der Waals surface area contributed by atoms with Crippen molar-refractivity contribution >= 4 is 38.9 Å². The van der Waals surface area contributed by atoms with Crippen LogP contribution < -0.4 is 5.32 Å². The molecule has 0 radical (unpaired) electrons. The second-order valence-electron chi connectivity index (χ2n) is 7.66. The number of fused-ring (bicyclic) bond motifs is 2. The number of nitrogens with one attached hydrogen (secondary N) is 1. The summed E-state index contributed by atoms with van der Waals surface area (Å²) in [6.45, 7) is 3.56. The van der Waals surface area contributed by atoms with Crippen LogP contribution in [0.15, 0.2) is 48.5 Å². The van der Waals surface area contributed by atoms with E-state index in [9.17, 15) is 9.18 Å². The maximum atomic E-state index is 13.1. The lowest BCUT2D eigenvalue weighted by Gasteiger charge is -2.19. The Morgan fingerprint density at radius 2 is 1.86 bits per heavy atom. The Morgan fingerprint density at radius 3 is 2.57 bits per heavy atom. The van der Waals surface area contributed by atoms with E-state index in [-0.39, 0.29) is 11.7 Å². The summed E-state index contributed by atoms with van der Waals surface area (Å²) in [6.07, 6.45) is 0. The summed E-state index contributed by atoms with van der Waals surface area (Å²) >= 11 is 7.82. The quantitative estimate of drug-likeness (QED) is 0.652. The Labute approximate surface area is 172 Å². The van der Waals surface area contributed by atoms with Crippen LogP contribution in [0, 0.1) is 17.7 Å². The van der Waals surface area contributed by atoms with E-state index >= 15 is 0 Å². The van der Waals surface area contributed by atoms with Crippen LogP contribution in [0.3, 0.4) is 0 Å². The van der Waals surface area contributed by atoms with Crippen molar-refractivity contribution in [1.29, 1.82) is 0 Å². The summed E-state index contributed by atoms with van der Waals surface area (Å²) in [5.74, 6) is 1.63. The van der Waals surface area contributed by atoms with Gasteiger partial charge in [0.1, 0.15) is 10.7 Å². The summed E-state index contributed by atoms with van der Waals surface area (Å²) in [5, 5.41) is 4.49. The molecule has 1 amide bonds. The van der Waals surface area contributed by atoms with Crippen LogP contribution in [0.2, 0.25) is 5.02 Å². The number of carbonyl (C=O) groups excluding carboxylic acids is 1. The molecule has 28 heavy (non-hydrogen) atoms. The van der Waals surface area contributed by atoms with Gasteiger partial charge in [0.05, 0.1) is 5.02 Å². The molecule has 0 spiro atoms. The lowest BCUT2D eigenvalue weighted by atomic mass is 10.1. The average molecular weight is 415 g/mol. The van der Waals surface area contributed by atoms with E-state index in [4.69, 9.17) is 11.6 Å². The largest absolute Gasteiger partial charge is 0.350 e. The first kappa shape index (κ1) is 18.1. The van der Waals surface area contributed by atoms with E-state index in [1.807, 2.05) is 36.4 Å². The van der Waals surface area contributed by atoms with Crippen LogP contribution in [-0.4, -0.2) is 37.0 Å². The van der Waals surface area contributed by atoms with E-state index in [1.165, 1.54) is 16.9 Å². The fraction of sp³-hybridized carbons (Fsp3) is 0.318. The predicted octanol–water partition coefficient (Wildman–Crippen LogP) is 4.77. The van der Waals surface area contributed by atoms with E-state index in [0.717, 1.165) is 29.7 Å². The first-order chi connectivity index (χ1) is 13.6. The summed E-state index contributed by atoms with van der Waals surface area (Å²) < 4.78 is 14.1. The van der Waals surface area contributed by atoms with Crippen molar-refractivity contribution < 1.29 is 9.18 Å². The molecule has 0 bridgehead atoms. The summed E-state index contributed by atoms with van der Waals surface area (Å²) in [5.41, 5.74) is 1.25. The third kappa shape index (κ3) is 3.21. The molecule has 2 fully saturated rings. The van der Waals surface area contributed by atoms with Crippen molar-refractivity contribution in [1.82, 2.24) is 10.2 Å². The van der Waals surface area contributed by atoms with Gasteiger partial charge in [0.15, 0.2) is 0 Å². The zero-order valence-electron chi connectivity index (χ0n) is 15.2. The topological polar surface area (TPSA) is 32.3 Å². The number of thiophene rings is 1. The van der Waals surface area contributed by atoms with Crippen molar-refractivity contribution in [2.24, 2.45) is 11.8 Å². The summed E-state index contributed by atoms with van der Waals surface area (Å²) in [6, 6.07) is 14.7. The molecular formula is C22H20ClFN2OS. The minimum absolute atomic E-state index is 0.0975. The summed E-state index contributed by atoms with van der Waals surface area (Å²) in [4.78, 5) is 15.5. The van der Waals surface area contributed by atoms with Gasteiger partial charge < -0.3 is 10.2 Å². The van der Waals surface area contributed by atoms with Gasteiger partial charge in [-0.2, -0.15) is 0 Å². The summed E-state index contributed by atoms with van der Waals surface area (Å²) in [7, 11) is 0. The molecule has 2 heterocycles. The van der Waals surface area contributed by atoms with Gasteiger partial charge in [-0.3, -0.25) is 4.79 Å². The molecule has 6 heteroatoms. The van der Waals surface area contributed by atoms with Crippen LogP contribution in [-0.2, 0) is 0 Å². The number of amides is 1. The highest BCUT2D eigenvalue weighted by Gasteiger charge is 2.55. The van der Waals surface area contributed by atoms with Crippen LogP contribution in [0.1, 0.15) is 21.2 Å². The maximum Gasteiger partial charge on any atom is 0.262 e. The Bertz CT molecular complexity index is 1020. The monoisotopic (exact) mass is 414 g/mol. The number of likely N-dealkylation sites (tertiary alicyclic amines) is 1. The lowest BCUT2D eigenvalue weighted by molar-refractivity contribution is 0.0953. The Hall–Kier alpha value is -1.95. The number of nitrogens with zero attached hydrogens (tertiary/aromatic N) is 1. The Balaban J connectivity index is 1.12. The van der Waals surface area contributed by atoms with Gasteiger partial charge in [-0.1, -0.05) is 41.9 Å². The third-order valence-corrected chi connectivity index (χ3v) is 7.65. The predicted molar refractivity (Wildman–Crippen MR) is 112 cm³/mol. The molecule has 3 nitrogen and oxygen atoms in total. The van der Waals surface area contributed by atoms with Crippen LogP contribution in [0.5, 0.6) is 0 Å². The normalized spacial score (nSPS) is 23.7. The number of piperidine rings is 1. The number of hydrogen-bond donors (Lipinski definition) is 1. The molecule has 2 atom stereocenters. The molecule has 144 valence electrons. The Morgan fingerprint density at radius 1 is 1.14 bits per heavy atom. The molecule has 1 saturated heterocycles. The zero-order valence-corrected chi connectivity index (χ0v) is 16.8. The van der Waals surface area contributed by atoms with Crippen LogP contribution in [0.25, 0.3) is 10.1 Å². The number of hydrogen-bond acceptors (Lipinski definition) is 3. The number of benzene rings is 2. The molecule has 1 saturated carbocycles. The molecule has 5 rings (SSSR count). The zero-order chi connectivity index (χ0) is 19.3. The molecule has 1 aliphatic heterocycles. The molecule has 2 aliphatic rings. The first-order valence-electron chi connectivity index (χ1n) is 9.55.